The first-order chi connectivity index (χ1) is 10.0. The van der Waals surface area contributed by atoms with Gasteiger partial charge in [0.2, 0.25) is 0 Å². The van der Waals surface area contributed by atoms with Crippen molar-refractivity contribution in [2.45, 2.75) is 6.92 Å². The summed E-state index contributed by atoms with van der Waals surface area (Å²) in [5.41, 5.74) is 1.68. The molecule has 1 saturated heterocycles. The van der Waals surface area contributed by atoms with E-state index in [1.54, 1.807) is 6.07 Å². The molecular formula is C14H16N2O4S. The lowest BCUT2D eigenvalue weighted by molar-refractivity contribution is -0.147. The number of anilines is 1. The monoisotopic (exact) mass is 308 g/mol. The summed E-state index contributed by atoms with van der Waals surface area (Å²) >= 11 is 1.17. The average molecular weight is 308 g/mol. The van der Waals surface area contributed by atoms with E-state index in [1.807, 2.05) is 25.1 Å². The molecule has 1 aromatic rings. The Hall–Kier alpha value is -2.02. The molecular weight excluding hydrogens is 292 g/mol. The van der Waals surface area contributed by atoms with E-state index in [4.69, 9.17) is 4.74 Å². The molecule has 1 heterocycles. The third-order valence-corrected chi connectivity index (χ3v) is 3.72. The van der Waals surface area contributed by atoms with E-state index in [9.17, 15) is 14.4 Å². The number of nitrogens with one attached hydrogen (secondary N) is 1. The van der Waals surface area contributed by atoms with Gasteiger partial charge in [0.15, 0.2) is 6.61 Å². The molecule has 0 aliphatic carbocycles. The summed E-state index contributed by atoms with van der Waals surface area (Å²) in [7, 11) is 0. The van der Waals surface area contributed by atoms with Crippen LogP contribution < -0.4 is 5.32 Å². The van der Waals surface area contributed by atoms with Crippen molar-refractivity contribution in [1.29, 1.82) is 0 Å². The minimum absolute atomic E-state index is 0.108. The van der Waals surface area contributed by atoms with Gasteiger partial charge in [-0.15, -0.1) is 0 Å². The molecule has 6 nitrogen and oxygen atoms in total. The Morgan fingerprint density at radius 3 is 2.90 bits per heavy atom. The lowest BCUT2D eigenvalue weighted by Crippen LogP contribution is -2.32. The Labute approximate surface area is 126 Å². The van der Waals surface area contributed by atoms with Gasteiger partial charge < -0.3 is 15.0 Å². The van der Waals surface area contributed by atoms with Crippen molar-refractivity contribution in [2.75, 3.05) is 30.8 Å². The van der Waals surface area contributed by atoms with Crippen molar-refractivity contribution in [3.8, 4) is 0 Å². The summed E-state index contributed by atoms with van der Waals surface area (Å²) in [5.74, 6) is -0.304. The van der Waals surface area contributed by atoms with Crippen LogP contribution in [0.5, 0.6) is 0 Å². The van der Waals surface area contributed by atoms with Crippen LogP contribution in [0.3, 0.4) is 0 Å². The van der Waals surface area contributed by atoms with E-state index in [0.29, 0.717) is 18.0 Å². The number of aryl methyl sites for hydroxylation is 1. The molecule has 0 radical (unpaired) electrons. The summed E-state index contributed by atoms with van der Waals surface area (Å²) in [4.78, 5) is 35.9. The molecule has 0 saturated carbocycles. The Balaban J connectivity index is 1.73. The molecule has 1 aliphatic heterocycles. The number of amides is 2. The van der Waals surface area contributed by atoms with Gasteiger partial charge in [0.25, 0.3) is 11.1 Å². The number of hydrogen-bond donors (Lipinski definition) is 1. The zero-order chi connectivity index (χ0) is 15.2. The maximum absolute atomic E-state index is 11.7. The van der Waals surface area contributed by atoms with Gasteiger partial charge in [-0.3, -0.25) is 14.4 Å². The van der Waals surface area contributed by atoms with Crippen LogP contribution >= 0.6 is 11.8 Å². The first-order valence-corrected chi connectivity index (χ1v) is 7.47. The predicted molar refractivity (Wildman–Crippen MR) is 80.2 cm³/mol. The number of hydrogen-bond acceptors (Lipinski definition) is 5. The largest absolute Gasteiger partial charge is 0.454 e. The van der Waals surface area contributed by atoms with E-state index < -0.39 is 11.9 Å². The van der Waals surface area contributed by atoms with Gasteiger partial charge in [-0.05, 0) is 24.6 Å². The van der Waals surface area contributed by atoms with Crippen molar-refractivity contribution in [3.05, 3.63) is 29.8 Å². The fourth-order valence-corrected chi connectivity index (χ4v) is 2.66. The maximum atomic E-state index is 11.7. The van der Waals surface area contributed by atoms with E-state index in [1.165, 1.54) is 16.7 Å². The molecule has 2 amide bonds. The molecule has 0 bridgehead atoms. The summed E-state index contributed by atoms with van der Waals surface area (Å²) in [6.45, 7) is 1.99. The molecule has 112 valence electrons. The van der Waals surface area contributed by atoms with Gasteiger partial charge in [-0.1, -0.05) is 23.9 Å². The number of esters is 1. The highest BCUT2D eigenvalue weighted by Gasteiger charge is 2.24. The van der Waals surface area contributed by atoms with Gasteiger partial charge in [-0.25, -0.2) is 0 Å². The van der Waals surface area contributed by atoms with E-state index >= 15 is 0 Å². The van der Waals surface area contributed by atoms with E-state index in [2.05, 4.69) is 5.32 Å². The van der Waals surface area contributed by atoms with Crippen molar-refractivity contribution >= 4 is 34.6 Å². The number of benzene rings is 1. The van der Waals surface area contributed by atoms with Crippen LogP contribution in [-0.4, -0.2) is 47.5 Å². The molecule has 0 unspecified atom stereocenters. The van der Waals surface area contributed by atoms with Crippen molar-refractivity contribution in [2.24, 2.45) is 0 Å². The molecule has 0 spiro atoms. The van der Waals surface area contributed by atoms with Gasteiger partial charge in [0.05, 0.1) is 0 Å². The number of thioether (sulfide) groups is 1. The first kappa shape index (κ1) is 15.4. The zero-order valence-electron chi connectivity index (χ0n) is 11.6. The molecule has 1 aromatic carbocycles. The number of carbonyl (C=O) groups is 3. The normalized spacial score (nSPS) is 14.1. The standard InChI is InChI=1S/C14H16N2O4S/c1-10-3-2-4-11(7-10)15-12(17)9-20-13(18)8-16-5-6-21-14(16)19/h2-4,7H,5-6,8-9H2,1H3,(H,15,17). The van der Waals surface area contributed by atoms with Gasteiger partial charge in [0.1, 0.15) is 6.54 Å². The number of rotatable bonds is 5. The Bertz CT molecular complexity index is 562. The predicted octanol–water partition coefficient (Wildman–Crippen LogP) is 1.65. The molecule has 1 N–H and O–H groups in total. The highest BCUT2D eigenvalue weighted by Crippen LogP contribution is 2.16. The van der Waals surface area contributed by atoms with Gasteiger partial charge in [-0.2, -0.15) is 0 Å². The molecule has 0 atom stereocenters. The zero-order valence-corrected chi connectivity index (χ0v) is 12.4. The second kappa shape index (κ2) is 7.12. The summed E-state index contributed by atoms with van der Waals surface area (Å²) in [6.07, 6.45) is 0. The summed E-state index contributed by atoms with van der Waals surface area (Å²) in [5, 5.41) is 2.51. The van der Waals surface area contributed by atoms with Crippen molar-refractivity contribution < 1.29 is 19.1 Å². The third-order valence-electron chi connectivity index (χ3n) is 2.83. The highest BCUT2D eigenvalue weighted by molar-refractivity contribution is 8.13. The van der Waals surface area contributed by atoms with Crippen LogP contribution in [0.25, 0.3) is 0 Å². The van der Waals surface area contributed by atoms with Crippen LogP contribution in [0.15, 0.2) is 24.3 Å². The van der Waals surface area contributed by atoms with Crippen LogP contribution in [-0.2, 0) is 14.3 Å². The maximum Gasteiger partial charge on any atom is 0.326 e. The Morgan fingerprint density at radius 1 is 1.43 bits per heavy atom. The van der Waals surface area contributed by atoms with E-state index in [-0.39, 0.29) is 18.4 Å². The van der Waals surface area contributed by atoms with E-state index in [0.717, 1.165) is 5.56 Å². The smallest absolute Gasteiger partial charge is 0.326 e. The van der Waals surface area contributed by atoms with Crippen LogP contribution in [0.4, 0.5) is 10.5 Å². The Kier molecular flexibility index (Phi) is 5.21. The molecule has 2 rings (SSSR count). The highest BCUT2D eigenvalue weighted by atomic mass is 32.2. The van der Waals surface area contributed by atoms with Crippen LogP contribution in [0.2, 0.25) is 0 Å². The molecule has 0 aromatic heterocycles. The van der Waals surface area contributed by atoms with Gasteiger partial charge >= 0.3 is 5.97 Å². The first-order valence-electron chi connectivity index (χ1n) is 6.48. The minimum atomic E-state index is -0.578. The van der Waals surface area contributed by atoms with Crippen molar-refractivity contribution in [3.63, 3.8) is 0 Å². The lowest BCUT2D eigenvalue weighted by Gasteiger charge is -2.13. The second-order valence-electron chi connectivity index (χ2n) is 4.61. The fourth-order valence-electron chi connectivity index (χ4n) is 1.84. The lowest BCUT2D eigenvalue weighted by atomic mass is 10.2. The van der Waals surface area contributed by atoms with Crippen LogP contribution in [0.1, 0.15) is 5.56 Å². The van der Waals surface area contributed by atoms with Crippen molar-refractivity contribution in [1.82, 2.24) is 4.90 Å². The molecule has 1 aliphatic rings. The fraction of sp³-hybridized carbons (Fsp3) is 0.357. The molecule has 21 heavy (non-hydrogen) atoms. The summed E-state index contributed by atoms with van der Waals surface area (Å²) < 4.78 is 4.86. The molecule has 7 heteroatoms. The topological polar surface area (TPSA) is 75.7 Å². The average Bonchev–Trinajstić information content (AvgIpc) is 2.82. The Morgan fingerprint density at radius 2 is 2.24 bits per heavy atom. The minimum Gasteiger partial charge on any atom is -0.454 e. The second-order valence-corrected chi connectivity index (χ2v) is 5.66. The van der Waals surface area contributed by atoms with Crippen LogP contribution in [0, 0.1) is 6.92 Å². The number of carbonyl (C=O) groups excluding carboxylic acids is 3. The number of nitrogens with zero attached hydrogens (tertiary/aromatic N) is 1. The van der Waals surface area contributed by atoms with Gasteiger partial charge in [0, 0.05) is 18.0 Å². The third kappa shape index (κ3) is 4.78. The molecule has 1 fully saturated rings. The number of ether oxygens (including phenoxy) is 1. The SMILES string of the molecule is Cc1cccc(NC(=O)COC(=O)CN2CCSC2=O)c1. The summed E-state index contributed by atoms with van der Waals surface area (Å²) in [6, 6.07) is 7.32. The quantitative estimate of drug-likeness (QED) is 0.837.